The molecule has 19 N–H and O–H groups in total. The van der Waals surface area contributed by atoms with E-state index in [0.717, 1.165) is 38.9 Å². The molecule has 5 fully saturated rings. The molecular formula is C48H74N4O37S5. The Morgan fingerprint density at radius 1 is 0.628 bits per heavy atom. The lowest BCUT2D eigenvalue weighted by Crippen LogP contribution is -2.71. The molecule has 3 amide bonds. The van der Waals surface area contributed by atoms with E-state index in [1.54, 1.807) is 18.2 Å². The van der Waals surface area contributed by atoms with Gasteiger partial charge in [-0.25, -0.2) is 22.1 Å². The number of aliphatic hydroxyl groups excluding tert-OH is 10. The number of anilines is 2. The van der Waals surface area contributed by atoms with Crippen LogP contribution in [0, 0.1) is 0 Å². The molecule has 5 saturated heterocycles. The SMILES string of the molecule is CC(=O)N[C@H]1[C@H](O[C@H]2[C@H](O)[C@@H](O)[C@H](O[C@@H]3[C@@H](NC(C)=O)[C@H](OC[C@@H](O)[C@@H](O)[C@H](O)[C@@H](O)CNc4cccc(NC(=O)CCCCC5CCSS5)c4)O[C@H](CO)[C@@H]3OS(=O)(=O)O)O[C@@H]2C(=O)O)O[C@H](COS(=O)(=O)O)[C@H](OS(=O)(=O)O)[C@@H]1O[C@@H]1O[C@H](C(=O)O)[C@@H](O)[C@H](O)[C@H]1O. The predicted molar refractivity (Wildman–Crippen MR) is 308 cm³/mol. The Morgan fingerprint density at radius 3 is 1.70 bits per heavy atom. The monoisotopic (exact) mass is 1460 g/mol. The van der Waals surface area contributed by atoms with E-state index in [1.165, 1.54) is 6.07 Å². The van der Waals surface area contributed by atoms with Crippen molar-refractivity contribution >= 4 is 93.8 Å². The average Bonchev–Trinajstić information content (AvgIpc) is 0.789. The van der Waals surface area contributed by atoms with Crippen LogP contribution < -0.4 is 21.3 Å². The van der Waals surface area contributed by atoms with Gasteiger partial charge >= 0.3 is 43.1 Å². The first kappa shape index (κ1) is 79.0. The summed E-state index contributed by atoms with van der Waals surface area (Å²) in [6, 6.07) is 1.77. The van der Waals surface area contributed by atoms with Gasteiger partial charge in [-0.15, -0.1) is 0 Å². The maximum Gasteiger partial charge on any atom is 0.397 e. The number of benzene rings is 1. The van der Waals surface area contributed by atoms with E-state index in [-0.39, 0.29) is 12.3 Å². The second-order valence-corrected chi connectivity index (χ2v) is 27.7. The molecule has 0 radical (unpaired) electrons. The lowest BCUT2D eigenvalue weighted by atomic mass is 9.94. The molecule has 0 aromatic heterocycles. The maximum atomic E-state index is 13.1. The Bertz CT molecular complexity index is 3050. The van der Waals surface area contributed by atoms with Crippen LogP contribution in [0.4, 0.5) is 11.4 Å². The quantitative estimate of drug-likeness (QED) is 0.0177. The minimum atomic E-state index is -5.87. The summed E-state index contributed by atoms with van der Waals surface area (Å²) in [6.07, 6.45) is -50.4. The van der Waals surface area contributed by atoms with Crippen LogP contribution >= 0.6 is 21.6 Å². The first-order valence-corrected chi connectivity index (χ1v) is 34.6. The fourth-order valence-corrected chi connectivity index (χ4v) is 14.6. The first-order chi connectivity index (χ1) is 43.9. The van der Waals surface area contributed by atoms with E-state index >= 15 is 0 Å². The van der Waals surface area contributed by atoms with Crippen LogP contribution in [0.1, 0.15) is 46.0 Å². The molecule has 1 unspecified atom stereocenters. The van der Waals surface area contributed by atoms with E-state index in [9.17, 15) is 124 Å². The van der Waals surface area contributed by atoms with Gasteiger partial charge in [-0.3, -0.25) is 28.0 Å². The number of carboxylic acids is 2. The molecule has 1 aromatic carbocycles. The van der Waals surface area contributed by atoms with Crippen LogP contribution in [-0.2, 0) is 106 Å². The Kier molecular flexibility index (Phi) is 29.1. The third-order valence-electron chi connectivity index (χ3n) is 14.7. The summed E-state index contributed by atoms with van der Waals surface area (Å²) in [5, 5.41) is 140. The Hall–Kier alpha value is -4.04. The number of aliphatic carboxylic acids is 2. The van der Waals surface area contributed by atoms with Crippen molar-refractivity contribution in [1.29, 1.82) is 0 Å². The highest BCUT2D eigenvalue weighted by Crippen LogP contribution is 2.41. The second-order valence-electron chi connectivity index (χ2n) is 21.7. The summed E-state index contributed by atoms with van der Waals surface area (Å²) in [6.45, 7) is -3.07. The number of carboxylic acid groups (broad SMARTS) is 2. The number of rotatable bonds is 33. The van der Waals surface area contributed by atoms with Crippen LogP contribution in [0.2, 0.25) is 0 Å². The minimum Gasteiger partial charge on any atom is -0.479 e. The summed E-state index contributed by atoms with van der Waals surface area (Å²) >= 11 is 0. The van der Waals surface area contributed by atoms with Gasteiger partial charge in [0.2, 0.25) is 17.7 Å². The fourth-order valence-electron chi connectivity index (χ4n) is 10.3. The van der Waals surface area contributed by atoms with Crippen molar-refractivity contribution in [2.45, 2.75) is 198 Å². The van der Waals surface area contributed by atoms with Crippen LogP contribution in [0.5, 0.6) is 0 Å². The molecule has 0 saturated carbocycles. The molecule has 0 aliphatic carbocycles. The number of hydrogen-bond acceptors (Lipinski definition) is 35. The number of amides is 3. The van der Waals surface area contributed by atoms with Gasteiger partial charge in [-0.1, -0.05) is 34.1 Å². The zero-order valence-corrected chi connectivity index (χ0v) is 53.1. The van der Waals surface area contributed by atoms with Crippen molar-refractivity contribution in [3.63, 3.8) is 0 Å². The molecule has 1 aromatic rings. The summed E-state index contributed by atoms with van der Waals surface area (Å²) in [4.78, 5) is 63.5. The van der Waals surface area contributed by atoms with E-state index in [1.807, 2.05) is 21.6 Å². The van der Waals surface area contributed by atoms with E-state index in [4.69, 9.17) is 42.1 Å². The first-order valence-electron chi connectivity index (χ1n) is 28.1. The van der Waals surface area contributed by atoms with E-state index in [2.05, 4.69) is 29.6 Å². The highest BCUT2D eigenvalue weighted by atomic mass is 33.1. The van der Waals surface area contributed by atoms with Gasteiger partial charge < -0.3 is 120 Å². The van der Waals surface area contributed by atoms with Crippen molar-refractivity contribution in [3.05, 3.63) is 24.3 Å². The topological polar surface area (TPSA) is 641 Å². The van der Waals surface area contributed by atoms with Gasteiger partial charge in [0.25, 0.3) is 0 Å². The van der Waals surface area contributed by atoms with Gasteiger partial charge in [-0.05, 0) is 37.5 Å². The summed E-state index contributed by atoms with van der Waals surface area (Å²) < 4.78 is 160. The molecule has 0 bridgehead atoms. The van der Waals surface area contributed by atoms with Crippen LogP contribution in [0.15, 0.2) is 24.3 Å². The molecule has 94 heavy (non-hydrogen) atoms. The molecule has 5 aliphatic heterocycles. The molecule has 6 rings (SSSR count). The Balaban J connectivity index is 1.22. The van der Waals surface area contributed by atoms with E-state index < -0.39 is 228 Å². The van der Waals surface area contributed by atoms with Crippen LogP contribution in [0.25, 0.3) is 0 Å². The zero-order chi connectivity index (χ0) is 69.9. The zero-order valence-electron chi connectivity index (χ0n) is 49.0. The van der Waals surface area contributed by atoms with Crippen molar-refractivity contribution in [3.8, 4) is 0 Å². The molecular weight excluding hydrogens is 1380 g/mol. The van der Waals surface area contributed by atoms with Crippen molar-refractivity contribution in [2.24, 2.45) is 0 Å². The molecule has 5 heterocycles. The number of carbonyl (C=O) groups is 5. The van der Waals surface area contributed by atoms with Gasteiger partial charge in [0.15, 0.2) is 37.4 Å². The summed E-state index contributed by atoms with van der Waals surface area (Å²) in [5.41, 5.74) is 0.743. The normalized spacial score (nSPS) is 34.7. The smallest absolute Gasteiger partial charge is 0.397 e. The molecule has 0 spiro atoms. The lowest BCUT2D eigenvalue weighted by Gasteiger charge is -2.50. The number of hydrogen-bond donors (Lipinski definition) is 19. The Labute approximate surface area is 542 Å². The third-order valence-corrected chi connectivity index (χ3v) is 19.0. The molecule has 46 heteroatoms. The van der Waals surface area contributed by atoms with Gasteiger partial charge in [0.1, 0.15) is 104 Å². The van der Waals surface area contributed by atoms with Crippen molar-refractivity contribution < 1.29 is 175 Å². The molecule has 5 aliphatic rings. The standard InChI is InChI=1S/C48H74N4O37S5/c1-17(54)50-27-38(36(88-93(73,74)75)24(14-53)81-45(27)79-15-23(57)30(60)29(59)22(56)13-49-19-6-5-7-20(12-19)52-26(58)9-4-3-8-21-10-11-90-91-21)83-48-35(65)33(63)40(42(87-48)44(68)69)85-46-28(51-18(2)55)39(84-47-34(64)31(61)32(62)41(86-47)43(66)67)37(89-94(76,77)78)25(82-46)16-80-92(70,71)72/h5-7,12,21-25,27-42,45-49,53,56-57,59-65H,3-4,8-11,13-16H2,1-2H3,(H,50,54)(H,51,55)(H,52,58)(H,66,67)(H,68,69)(H,70,71,72)(H,73,74,75)(H,76,77,78)/t21?,22-,23+,24+,25+,27+,28+,29+,30+,31-,32-,33+,34+,35+,36-,37-,38+,39+,40-,41-,42-,45+,46-,47+,48+/m0/s1. The average molecular weight is 1460 g/mol. The molecule has 538 valence electrons. The number of carbonyl (C=O) groups excluding carboxylic acids is 3. The van der Waals surface area contributed by atoms with Crippen LogP contribution in [0.3, 0.4) is 0 Å². The second kappa shape index (κ2) is 34.6. The van der Waals surface area contributed by atoms with Gasteiger partial charge in [-0.2, -0.15) is 25.3 Å². The molecule has 25 atom stereocenters. The number of nitrogens with one attached hydrogen (secondary N) is 4. The van der Waals surface area contributed by atoms with Crippen LogP contribution in [-0.4, -0.2) is 314 Å². The van der Waals surface area contributed by atoms with Gasteiger partial charge in [0, 0.05) is 49.2 Å². The Morgan fingerprint density at radius 2 is 1.16 bits per heavy atom. The fraction of sp³-hybridized carbons (Fsp3) is 0.771. The third kappa shape index (κ3) is 22.5. The van der Waals surface area contributed by atoms with E-state index in [0.29, 0.717) is 23.0 Å². The lowest BCUT2D eigenvalue weighted by molar-refractivity contribution is -0.367. The summed E-state index contributed by atoms with van der Waals surface area (Å²) in [7, 11) is -13.5. The number of ether oxygens (including phenoxy) is 8. The largest absolute Gasteiger partial charge is 0.479 e. The highest BCUT2D eigenvalue weighted by Gasteiger charge is 2.59. The predicted octanol–water partition coefficient (Wildman–Crippen LogP) is -7.56. The highest BCUT2D eigenvalue weighted by molar-refractivity contribution is 8.77. The summed E-state index contributed by atoms with van der Waals surface area (Å²) in [5.74, 6) is -5.67. The number of aliphatic hydroxyl groups is 10. The van der Waals surface area contributed by atoms with Crippen molar-refractivity contribution in [2.75, 3.05) is 42.8 Å². The maximum absolute atomic E-state index is 13.1. The molecule has 41 nitrogen and oxygen atoms in total. The minimum absolute atomic E-state index is 0.232. The number of unbranched alkanes of at least 4 members (excludes halogenated alkanes) is 1. The van der Waals surface area contributed by atoms with Gasteiger partial charge in [0.05, 0.1) is 25.9 Å². The van der Waals surface area contributed by atoms with Crippen molar-refractivity contribution in [1.82, 2.24) is 10.6 Å².